The van der Waals surface area contributed by atoms with E-state index in [0.717, 1.165) is 0 Å². The highest BCUT2D eigenvalue weighted by molar-refractivity contribution is 8.00. The molecule has 0 saturated carbocycles. The minimum atomic E-state index is -0.518. The summed E-state index contributed by atoms with van der Waals surface area (Å²) in [5, 5.41) is 1.70. The molecular formula is C6H9N3O2S. The Balaban J connectivity index is 2.39. The zero-order valence-electron chi connectivity index (χ0n) is 6.29. The fourth-order valence-corrected chi connectivity index (χ4v) is 1.37. The van der Waals surface area contributed by atoms with Crippen LogP contribution in [0, 0.1) is 0 Å². The molecule has 1 aliphatic heterocycles. The third kappa shape index (κ3) is 2.24. The predicted molar refractivity (Wildman–Crippen MR) is 46.3 cm³/mol. The number of nitrogens with one attached hydrogen (secondary N) is 3. The topological polar surface area (TPSA) is 70.2 Å². The minimum absolute atomic E-state index is 0.328. The van der Waals surface area contributed by atoms with Gasteiger partial charge in [-0.05, 0) is 0 Å². The first kappa shape index (κ1) is 9.08. The first-order valence-electron chi connectivity index (χ1n) is 3.33. The van der Waals surface area contributed by atoms with Crippen LogP contribution in [0.15, 0.2) is 12.7 Å². The maximum absolute atomic E-state index is 11.0. The SMILES string of the molecule is C=CCSC1NNC(=O)NC1=O. The van der Waals surface area contributed by atoms with Crippen LogP contribution in [0.1, 0.15) is 0 Å². The van der Waals surface area contributed by atoms with E-state index in [4.69, 9.17) is 0 Å². The summed E-state index contributed by atoms with van der Waals surface area (Å²) in [6.45, 7) is 3.52. The molecule has 0 aromatic heterocycles. The summed E-state index contributed by atoms with van der Waals surface area (Å²) in [5.41, 5.74) is 4.85. The lowest BCUT2D eigenvalue weighted by atomic mass is 10.5. The molecule has 0 spiro atoms. The van der Waals surface area contributed by atoms with Gasteiger partial charge >= 0.3 is 6.03 Å². The number of imide groups is 1. The molecule has 1 heterocycles. The minimum Gasteiger partial charge on any atom is -0.275 e. The molecule has 3 amide bonds. The normalized spacial score (nSPS) is 22.8. The van der Waals surface area contributed by atoms with Gasteiger partial charge in [0, 0.05) is 5.75 Å². The van der Waals surface area contributed by atoms with Crippen LogP contribution in [-0.2, 0) is 4.79 Å². The number of urea groups is 1. The lowest BCUT2D eigenvalue weighted by Gasteiger charge is -2.22. The van der Waals surface area contributed by atoms with E-state index in [1.165, 1.54) is 11.8 Å². The molecule has 0 aromatic carbocycles. The van der Waals surface area contributed by atoms with Gasteiger partial charge in [-0.15, -0.1) is 18.3 Å². The second-order valence-corrected chi connectivity index (χ2v) is 3.23. The van der Waals surface area contributed by atoms with E-state index in [2.05, 4.69) is 22.7 Å². The van der Waals surface area contributed by atoms with Gasteiger partial charge in [-0.25, -0.2) is 10.2 Å². The monoisotopic (exact) mass is 187 g/mol. The van der Waals surface area contributed by atoms with Crippen molar-refractivity contribution in [3.63, 3.8) is 0 Å². The van der Waals surface area contributed by atoms with Crippen LogP contribution < -0.4 is 16.2 Å². The Kier molecular flexibility index (Phi) is 3.12. The lowest BCUT2D eigenvalue weighted by Crippen LogP contribution is -2.61. The second-order valence-electron chi connectivity index (χ2n) is 2.09. The Morgan fingerprint density at radius 2 is 2.33 bits per heavy atom. The average Bonchev–Trinajstić information content (AvgIpc) is 2.03. The maximum atomic E-state index is 11.0. The van der Waals surface area contributed by atoms with Crippen molar-refractivity contribution in [2.45, 2.75) is 5.37 Å². The first-order valence-corrected chi connectivity index (χ1v) is 4.38. The predicted octanol–water partition coefficient (Wildman–Crippen LogP) is -0.424. The number of rotatable bonds is 3. The van der Waals surface area contributed by atoms with Crippen LogP contribution in [-0.4, -0.2) is 23.1 Å². The molecule has 6 heteroatoms. The molecule has 1 saturated heterocycles. The molecule has 12 heavy (non-hydrogen) atoms. The molecule has 3 N–H and O–H groups in total. The number of hydrazine groups is 1. The summed E-state index contributed by atoms with van der Waals surface area (Å²) in [7, 11) is 0. The van der Waals surface area contributed by atoms with Gasteiger partial charge in [-0.2, -0.15) is 0 Å². The smallest absolute Gasteiger partial charge is 0.275 e. The fourth-order valence-electron chi connectivity index (χ4n) is 0.687. The van der Waals surface area contributed by atoms with Crippen LogP contribution in [0.5, 0.6) is 0 Å². The molecule has 1 fully saturated rings. The highest BCUT2D eigenvalue weighted by Gasteiger charge is 2.25. The average molecular weight is 187 g/mol. The highest BCUT2D eigenvalue weighted by atomic mass is 32.2. The Bertz CT molecular complexity index is 217. The molecule has 5 nitrogen and oxygen atoms in total. The molecule has 1 atom stereocenters. The quantitative estimate of drug-likeness (QED) is 0.525. The number of carbonyl (C=O) groups excluding carboxylic acids is 2. The third-order valence-electron chi connectivity index (χ3n) is 1.17. The van der Waals surface area contributed by atoms with E-state index in [1.807, 2.05) is 0 Å². The highest BCUT2D eigenvalue weighted by Crippen LogP contribution is 2.08. The molecular weight excluding hydrogens is 178 g/mol. The van der Waals surface area contributed by atoms with Crippen LogP contribution in [0.4, 0.5) is 4.79 Å². The Hall–Kier alpha value is -1.01. The van der Waals surface area contributed by atoms with Crippen molar-refractivity contribution in [2.75, 3.05) is 5.75 Å². The van der Waals surface area contributed by atoms with Gasteiger partial charge in [0.15, 0.2) is 5.37 Å². The molecule has 0 aliphatic carbocycles. The van der Waals surface area contributed by atoms with Gasteiger partial charge in [0.2, 0.25) is 0 Å². The zero-order chi connectivity index (χ0) is 8.97. The van der Waals surface area contributed by atoms with E-state index in [9.17, 15) is 9.59 Å². The summed E-state index contributed by atoms with van der Waals surface area (Å²) in [5.74, 6) is 0.326. The van der Waals surface area contributed by atoms with Gasteiger partial charge in [-0.1, -0.05) is 6.08 Å². The number of thioether (sulfide) groups is 1. The van der Waals surface area contributed by atoms with Crippen LogP contribution >= 0.6 is 11.8 Å². The van der Waals surface area contributed by atoms with Crippen LogP contribution in [0.3, 0.4) is 0 Å². The van der Waals surface area contributed by atoms with Gasteiger partial charge in [-0.3, -0.25) is 15.5 Å². The van der Waals surface area contributed by atoms with Crippen molar-refractivity contribution in [1.29, 1.82) is 0 Å². The summed E-state index contributed by atoms with van der Waals surface area (Å²) in [6.07, 6.45) is 1.69. The van der Waals surface area contributed by atoms with Crippen molar-refractivity contribution >= 4 is 23.7 Å². The fraction of sp³-hybridized carbons (Fsp3) is 0.333. The lowest BCUT2D eigenvalue weighted by molar-refractivity contribution is -0.120. The van der Waals surface area contributed by atoms with Crippen LogP contribution in [0.25, 0.3) is 0 Å². The Morgan fingerprint density at radius 3 is 2.92 bits per heavy atom. The number of hydrogen-bond acceptors (Lipinski definition) is 4. The Labute approximate surface area is 73.9 Å². The standard InChI is InChI=1S/C6H9N3O2S/c1-2-3-12-5-4(10)7-6(11)9-8-5/h2,5,8H,1,3H2,(H2,7,9,10,11). The maximum Gasteiger partial charge on any atom is 0.335 e. The van der Waals surface area contributed by atoms with E-state index < -0.39 is 11.4 Å². The van der Waals surface area contributed by atoms with E-state index in [1.54, 1.807) is 6.08 Å². The molecule has 0 radical (unpaired) electrons. The number of amides is 3. The van der Waals surface area contributed by atoms with E-state index in [-0.39, 0.29) is 5.91 Å². The number of carbonyl (C=O) groups is 2. The molecule has 1 unspecified atom stereocenters. The molecule has 1 aliphatic rings. The first-order chi connectivity index (χ1) is 5.74. The molecule has 1 rings (SSSR count). The molecule has 0 aromatic rings. The molecule has 0 bridgehead atoms. The largest absolute Gasteiger partial charge is 0.335 e. The summed E-state index contributed by atoms with van der Waals surface area (Å²) in [4.78, 5) is 21.6. The summed E-state index contributed by atoms with van der Waals surface area (Å²) < 4.78 is 0. The third-order valence-corrected chi connectivity index (χ3v) is 2.27. The van der Waals surface area contributed by atoms with Crippen molar-refractivity contribution < 1.29 is 9.59 Å². The van der Waals surface area contributed by atoms with Crippen molar-refractivity contribution in [3.05, 3.63) is 12.7 Å². The number of hydrogen-bond donors (Lipinski definition) is 3. The van der Waals surface area contributed by atoms with Crippen molar-refractivity contribution in [3.8, 4) is 0 Å². The van der Waals surface area contributed by atoms with E-state index >= 15 is 0 Å². The van der Waals surface area contributed by atoms with Gasteiger partial charge in [0.25, 0.3) is 5.91 Å². The van der Waals surface area contributed by atoms with Gasteiger partial charge in [0.05, 0.1) is 0 Å². The van der Waals surface area contributed by atoms with Crippen molar-refractivity contribution in [1.82, 2.24) is 16.2 Å². The van der Waals surface area contributed by atoms with Gasteiger partial charge in [0.1, 0.15) is 0 Å². The zero-order valence-corrected chi connectivity index (χ0v) is 7.11. The summed E-state index contributed by atoms with van der Waals surface area (Å²) >= 11 is 1.35. The molecule has 66 valence electrons. The van der Waals surface area contributed by atoms with Crippen LogP contribution in [0.2, 0.25) is 0 Å². The Morgan fingerprint density at radius 1 is 1.58 bits per heavy atom. The summed E-state index contributed by atoms with van der Waals surface area (Å²) in [6, 6.07) is -0.518. The van der Waals surface area contributed by atoms with E-state index in [0.29, 0.717) is 5.75 Å². The van der Waals surface area contributed by atoms with Crippen molar-refractivity contribution in [2.24, 2.45) is 0 Å². The second kappa shape index (κ2) is 4.13. The van der Waals surface area contributed by atoms with Gasteiger partial charge < -0.3 is 0 Å².